The summed E-state index contributed by atoms with van der Waals surface area (Å²) in [6.07, 6.45) is 2.55. The molecule has 1 N–H and O–H groups in total. The summed E-state index contributed by atoms with van der Waals surface area (Å²) in [5.41, 5.74) is 3.07. The smallest absolute Gasteiger partial charge is 0.0426 e. The van der Waals surface area contributed by atoms with Crippen LogP contribution in [0.3, 0.4) is 0 Å². The van der Waals surface area contributed by atoms with Gasteiger partial charge in [0, 0.05) is 30.3 Å². The zero-order chi connectivity index (χ0) is 14.8. The SMILES string of the molecule is CNCc1ccc(Cl)cc1N1CCC(C(C)(C)C)CC1. The van der Waals surface area contributed by atoms with E-state index in [0.717, 1.165) is 30.6 Å². The molecule has 0 amide bonds. The van der Waals surface area contributed by atoms with Crippen LogP contribution in [0, 0.1) is 11.3 Å². The molecule has 0 spiro atoms. The minimum Gasteiger partial charge on any atom is -0.371 e. The summed E-state index contributed by atoms with van der Waals surface area (Å²) in [4.78, 5) is 2.50. The molecule has 1 fully saturated rings. The second-order valence-corrected chi connectivity index (χ2v) is 7.37. The van der Waals surface area contributed by atoms with E-state index in [1.807, 2.05) is 13.1 Å². The van der Waals surface area contributed by atoms with Gasteiger partial charge in [0.1, 0.15) is 0 Å². The molecule has 0 saturated carbocycles. The topological polar surface area (TPSA) is 15.3 Å². The molecule has 2 rings (SSSR count). The van der Waals surface area contributed by atoms with Crippen molar-refractivity contribution >= 4 is 17.3 Å². The van der Waals surface area contributed by atoms with Gasteiger partial charge in [-0.25, -0.2) is 0 Å². The highest BCUT2D eigenvalue weighted by Gasteiger charge is 2.29. The third-order valence-corrected chi connectivity index (χ3v) is 4.71. The van der Waals surface area contributed by atoms with Gasteiger partial charge in [0.05, 0.1) is 0 Å². The van der Waals surface area contributed by atoms with Gasteiger partial charge in [0.15, 0.2) is 0 Å². The molecule has 1 aliphatic rings. The van der Waals surface area contributed by atoms with Gasteiger partial charge in [-0.3, -0.25) is 0 Å². The lowest BCUT2D eigenvalue weighted by molar-refractivity contribution is 0.199. The molecule has 2 nitrogen and oxygen atoms in total. The molecular formula is C17H27ClN2. The number of hydrogen-bond donors (Lipinski definition) is 1. The first-order valence-corrected chi connectivity index (χ1v) is 7.97. The summed E-state index contributed by atoms with van der Waals surface area (Å²) in [5.74, 6) is 0.825. The Morgan fingerprint density at radius 2 is 1.90 bits per heavy atom. The molecule has 1 aromatic carbocycles. The van der Waals surface area contributed by atoms with E-state index in [2.05, 4.69) is 43.1 Å². The highest BCUT2D eigenvalue weighted by Crippen LogP contribution is 2.36. The molecule has 20 heavy (non-hydrogen) atoms. The van der Waals surface area contributed by atoms with Crippen LogP contribution in [-0.2, 0) is 6.54 Å². The largest absolute Gasteiger partial charge is 0.371 e. The normalized spacial score (nSPS) is 17.6. The third kappa shape index (κ3) is 3.67. The number of anilines is 1. The maximum Gasteiger partial charge on any atom is 0.0426 e. The van der Waals surface area contributed by atoms with Crippen LogP contribution in [0.15, 0.2) is 18.2 Å². The van der Waals surface area contributed by atoms with Crippen LogP contribution in [0.1, 0.15) is 39.2 Å². The average Bonchev–Trinajstić information content (AvgIpc) is 2.40. The quantitative estimate of drug-likeness (QED) is 0.893. The average molecular weight is 295 g/mol. The van der Waals surface area contributed by atoms with Crippen molar-refractivity contribution in [2.75, 3.05) is 25.0 Å². The first kappa shape index (κ1) is 15.7. The Morgan fingerprint density at radius 1 is 1.25 bits per heavy atom. The first-order valence-electron chi connectivity index (χ1n) is 7.60. The van der Waals surface area contributed by atoms with Gasteiger partial charge in [0.25, 0.3) is 0 Å². The standard InChI is InChI=1S/C17H27ClN2/c1-17(2,3)14-7-9-20(10-8-14)16-11-15(18)6-5-13(16)12-19-4/h5-6,11,14,19H,7-10,12H2,1-4H3. The second kappa shape index (κ2) is 6.36. The van der Waals surface area contributed by atoms with Gasteiger partial charge in [0.2, 0.25) is 0 Å². The molecular weight excluding hydrogens is 268 g/mol. The molecule has 0 radical (unpaired) electrons. The van der Waals surface area contributed by atoms with Crippen molar-refractivity contribution in [2.45, 2.75) is 40.2 Å². The Bertz CT molecular complexity index is 443. The van der Waals surface area contributed by atoms with Gasteiger partial charge in [-0.05, 0) is 48.9 Å². The van der Waals surface area contributed by atoms with E-state index in [1.54, 1.807) is 0 Å². The van der Waals surface area contributed by atoms with Crippen LogP contribution < -0.4 is 10.2 Å². The number of rotatable bonds is 3. The summed E-state index contributed by atoms with van der Waals surface area (Å²) in [7, 11) is 1.99. The number of piperidine rings is 1. The molecule has 0 unspecified atom stereocenters. The van der Waals surface area contributed by atoms with Crippen LogP contribution in [-0.4, -0.2) is 20.1 Å². The first-order chi connectivity index (χ1) is 9.41. The molecule has 1 heterocycles. The van der Waals surface area contributed by atoms with Crippen molar-refractivity contribution in [3.05, 3.63) is 28.8 Å². The fraction of sp³-hybridized carbons (Fsp3) is 0.647. The molecule has 112 valence electrons. The summed E-state index contributed by atoms with van der Waals surface area (Å²) < 4.78 is 0. The molecule has 1 saturated heterocycles. The maximum absolute atomic E-state index is 6.19. The lowest BCUT2D eigenvalue weighted by Crippen LogP contribution is -2.38. The van der Waals surface area contributed by atoms with Crippen molar-refractivity contribution in [2.24, 2.45) is 11.3 Å². The van der Waals surface area contributed by atoms with E-state index >= 15 is 0 Å². The summed E-state index contributed by atoms with van der Waals surface area (Å²) in [6, 6.07) is 6.25. The lowest BCUT2D eigenvalue weighted by atomic mass is 9.75. The monoisotopic (exact) mass is 294 g/mol. The fourth-order valence-corrected chi connectivity index (χ4v) is 3.32. The lowest BCUT2D eigenvalue weighted by Gasteiger charge is -2.40. The molecule has 0 atom stereocenters. The molecule has 0 bridgehead atoms. The van der Waals surface area contributed by atoms with Crippen LogP contribution >= 0.6 is 11.6 Å². The number of hydrogen-bond acceptors (Lipinski definition) is 2. The minimum atomic E-state index is 0.425. The van der Waals surface area contributed by atoms with E-state index in [9.17, 15) is 0 Å². The van der Waals surface area contributed by atoms with Crippen molar-refractivity contribution in [3.8, 4) is 0 Å². The van der Waals surface area contributed by atoms with Gasteiger partial charge < -0.3 is 10.2 Å². The number of halogens is 1. The number of nitrogens with zero attached hydrogens (tertiary/aromatic N) is 1. The Hall–Kier alpha value is -0.730. The Kier molecular flexibility index (Phi) is 4.98. The minimum absolute atomic E-state index is 0.425. The molecule has 0 aliphatic carbocycles. The zero-order valence-corrected chi connectivity index (χ0v) is 13.9. The van der Waals surface area contributed by atoms with E-state index in [1.165, 1.54) is 24.1 Å². The van der Waals surface area contributed by atoms with E-state index in [-0.39, 0.29) is 0 Å². The maximum atomic E-state index is 6.19. The van der Waals surface area contributed by atoms with Crippen molar-refractivity contribution < 1.29 is 0 Å². The number of nitrogens with one attached hydrogen (secondary N) is 1. The molecule has 0 aromatic heterocycles. The van der Waals surface area contributed by atoms with Crippen LogP contribution in [0.5, 0.6) is 0 Å². The third-order valence-electron chi connectivity index (χ3n) is 4.47. The summed E-state index contributed by atoms with van der Waals surface area (Å²) in [5, 5.41) is 4.08. The molecule has 3 heteroatoms. The predicted molar refractivity (Wildman–Crippen MR) is 88.6 cm³/mol. The van der Waals surface area contributed by atoms with Gasteiger partial charge in [-0.15, -0.1) is 0 Å². The van der Waals surface area contributed by atoms with E-state index in [0.29, 0.717) is 5.41 Å². The Labute approximate surface area is 128 Å². The highest BCUT2D eigenvalue weighted by atomic mass is 35.5. The molecule has 1 aromatic rings. The van der Waals surface area contributed by atoms with Crippen LogP contribution in [0.4, 0.5) is 5.69 Å². The van der Waals surface area contributed by atoms with Crippen LogP contribution in [0.25, 0.3) is 0 Å². The van der Waals surface area contributed by atoms with E-state index < -0.39 is 0 Å². The Morgan fingerprint density at radius 3 is 2.45 bits per heavy atom. The van der Waals surface area contributed by atoms with Gasteiger partial charge >= 0.3 is 0 Å². The Balaban J connectivity index is 2.12. The molecule has 1 aliphatic heterocycles. The zero-order valence-electron chi connectivity index (χ0n) is 13.2. The second-order valence-electron chi connectivity index (χ2n) is 6.93. The fourth-order valence-electron chi connectivity index (χ4n) is 3.16. The van der Waals surface area contributed by atoms with Crippen LogP contribution in [0.2, 0.25) is 5.02 Å². The highest BCUT2D eigenvalue weighted by molar-refractivity contribution is 6.30. The summed E-state index contributed by atoms with van der Waals surface area (Å²) >= 11 is 6.19. The van der Waals surface area contributed by atoms with Gasteiger partial charge in [-0.1, -0.05) is 38.4 Å². The van der Waals surface area contributed by atoms with Crippen molar-refractivity contribution in [1.29, 1.82) is 0 Å². The van der Waals surface area contributed by atoms with Crippen molar-refractivity contribution in [3.63, 3.8) is 0 Å². The predicted octanol–water partition coefficient (Wildman–Crippen LogP) is 4.32. The number of benzene rings is 1. The van der Waals surface area contributed by atoms with Crippen molar-refractivity contribution in [1.82, 2.24) is 5.32 Å². The van der Waals surface area contributed by atoms with Gasteiger partial charge in [-0.2, -0.15) is 0 Å². The van der Waals surface area contributed by atoms with E-state index in [4.69, 9.17) is 11.6 Å². The summed E-state index contributed by atoms with van der Waals surface area (Å²) in [6.45, 7) is 10.3.